The Morgan fingerprint density at radius 2 is 0.963 bits per heavy atom. The van der Waals surface area contributed by atoms with Crippen LogP contribution in [-0.2, 0) is 0 Å². The maximum Gasteiger partial charge on any atom is 0.160 e. The number of hydrogen-bond donors (Lipinski definition) is 0. The summed E-state index contributed by atoms with van der Waals surface area (Å²) in [6, 6.07) is 61.9. The van der Waals surface area contributed by atoms with Crippen molar-refractivity contribution in [1.29, 1.82) is 10.5 Å². The second-order valence-electron chi connectivity index (χ2n) is 13.4. The molecule has 9 rings (SSSR count). The van der Waals surface area contributed by atoms with Crippen LogP contribution in [0.4, 0.5) is 0 Å². The highest BCUT2D eigenvalue weighted by Crippen LogP contribution is 2.44. The normalized spacial score (nSPS) is 11.0. The highest BCUT2D eigenvalue weighted by atomic mass is 15.0. The first kappa shape index (κ1) is 32.3. The Hall–Kier alpha value is -7.60. The third kappa shape index (κ3) is 5.77. The van der Waals surface area contributed by atoms with Gasteiger partial charge in [-0.15, -0.1) is 0 Å². The topological polar surface area (TPSA) is 78.3 Å². The van der Waals surface area contributed by atoms with Gasteiger partial charge in [-0.3, -0.25) is 0 Å². The van der Waals surface area contributed by atoms with Gasteiger partial charge in [0.2, 0.25) is 0 Å². The van der Waals surface area contributed by atoms with Crippen LogP contribution in [0.15, 0.2) is 170 Å². The fourth-order valence-electron chi connectivity index (χ4n) is 7.37. The Bertz CT molecular complexity index is 2830. The summed E-state index contributed by atoms with van der Waals surface area (Å²) in [5.74, 6) is 0.565. The second kappa shape index (κ2) is 13.5. The van der Waals surface area contributed by atoms with Crippen molar-refractivity contribution >= 4 is 21.8 Å². The molecule has 5 nitrogen and oxygen atoms in total. The fraction of sp³-hybridized carbons (Fsp3) is 0.0204. The van der Waals surface area contributed by atoms with Crippen LogP contribution in [0, 0.1) is 29.6 Å². The molecule has 2 aromatic heterocycles. The average Bonchev–Trinajstić information content (AvgIpc) is 3.56. The lowest BCUT2D eigenvalue weighted by molar-refractivity contribution is 1.16. The van der Waals surface area contributed by atoms with E-state index in [1.165, 1.54) is 5.56 Å². The molecule has 0 unspecified atom stereocenters. The lowest BCUT2D eigenvalue weighted by Crippen LogP contribution is -2.03. The predicted molar refractivity (Wildman–Crippen MR) is 218 cm³/mol. The standard InChI is InChI=1S/C49H31N5/c1-32-22-23-47-43(24-32)40-20-8-9-21-46(40)54(47)48-41(37-18-10-12-33(25-37)30-50)27-39(28-42(48)38-19-11-13-34(26-38)31-51)49-52-44(35-14-4-2-5-15-35)29-45(53-49)36-16-6-3-7-17-36/h2-29H,1H3. The maximum atomic E-state index is 10.1. The van der Waals surface area contributed by atoms with E-state index in [-0.39, 0.29) is 0 Å². The minimum absolute atomic E-state index is 0.559. The monoisotopic (exact) mass is 689 g/mol. The molecule has 0 amide bonds. The molecule has 0 N–H and O–H groups in total. The van der Waals surface area contributed by atoms with Gasteiger partial charge in [-0.25, -0.2) is 9.97 Å². The van der Waals surface area contributed by atoms with Gasteiger partial charge in [-0.05, 0) is 78.7 Å². The first-order valence-corrected chi connectivity index (χ1v) is 17.8. The zero-order valence-electron chi connectivity index (χ0n) is 29.4. The Balaban J connectivity index is 1.44. The van der Waals surface area contributed by atoms with Crippen molar-refractivity contribution in [2.75, 3.05) is 0 Å². The number of benzene rings is 7. The Labute approximate surface area is 313 Å². The Morgan fingerprint density at radius 1 is 0.444 bits per heavy atom. The summed E-state index contributed by atoms with van der Waals surface area (Å²) < 4.78 is 2.33. The summed E-state index contributed by atoms with van der Waals surface area (Å²) in [5, 5.41) is 22.4. The van der Waals surface area contributed by atoms with Gasteiger partial charge in [0.25, 0.3) is 0 Å². The lowest BCUT2D eigenvalue weighted by Gasteiger charge is -2.21. The molecule has 0 aliphatic heterocycles. The number of nitriles is 2. The van der Waals surface area contributed by atoms with Crippen LogP contribution < -0.4 is 0 Å². The summed E-state index contributed by atoms with van der Waals surface area (Å²) in [4.78, 5) is 10.4. The van der Waals surface area contributed by atoms with Gasteiger partial charge in [0.15, 0.2) is 5.82 Å². The van der Waals surface area contributed by atoms with Crippen LogP contribution in [0.2, 0.25) is 0 Å². The van der Waals surface area contributed by atoms with E-state index in [2.05, 4.69) is 102 Å². The van der Waals surface area contributed by atoms with E-state index in [0.717, 1.165) is 77.8 Å². The van der Waals surface area contributed by atoms with Crippen molar-refractivity contribution in [2.45, 2.75) is 6.92 Å². The number of aromatic nitrogens is 3. The van der Waals surface area contributed by atoms with Crippen LogP contribution in [0.1, 0.15) is 16.7 Å². The molecule has 252 valence electrons. The van der Waals surface area contributed by atoms with E-state index >= 15 is 0 Å². The lowest BCUT2D eigenvalue weighted by atomic mass is 9.91. The summed E-state index contributed by atoms with van der Waals surface area (Å²) >= 11 is 0. The second-order valence-corrected chi connectivity index (χ2v) is 13.4. The Morgan fingerprint density at radius 3 is 1.54 bits per heavy atom. The average molecular weight is 690 g/mol. The molecule has 54 heavy (non-hydrogen) atoms. The van der Waals surface area contributed by atoms with Gasteiger partial charge in [0.05, 0.1) is 51.4 Å². The zero-order chi connectivity index (χ0) is 36.6. The highest BCUT2D eigenvalue weighted by molar-refractivity contribution is 6.11. The minimum atomic E-state index is 0.559. The molecule has 0 fully saturated rings. The van der Waals surface area contributed by atoms with E-state index < -0.39 is 0 Å². The van der Waals surface area contributed by atoms with Crippen molar-refractivity contribution in [3.63, 3.8) is 0 Å². The molecule has 0 saturated heterocycles. The molecule has 2 heterocycles. The molecule has 0 radical (unpaired) electrons. The van der Waals surface area contributed by atoms with Crippen LogP contribution in [-0.4, -0.2) is 14.5 Å². The van der Waals surface area contributed by atoms with Gasteiger partial charge >= 0.3 is 0 Å². The van der Waals surface area contributed by atoms with Gasteiger partial charge in [0.1, 0.15) is 0 Å². The molecule has 0 bridgehead atoms. The van der Waals surface area contributed by atoms with Crippen LogP contribution >= 0.6 is 0 Å². The molecule has 0 saturated carbocycles. The van der Waals surface area contributed by atoms with E-state index in [9.17, 15) is 10.5 Å². The van der Waals surface area contributed by atoms with Crippen molar-refractivity contribution in [1.82, 2.24) is 14.5 Å². The number of para-hydroxylation sites is 1. The first-order valence-electron chi connectivity index (χ1n) is 17.8. The Kier molecular flexibility index (Phi) is 8.08. The molecule has 5 heteroatoms. The van der Waals surface area contributed by atoms with Crippen LogP contribution in [0.5, 0.6) is 0 Å². The number of nitrogens with zero attached hydrogens (tertiary/aromatic N) is 5. The van der Waals surface area contributed by atoms with Crippen molar-refractivity contribution < 1.29 is 0 Å². The van der Waals surface area contributed by atoms with E-state index in [4.69, 9.17) is 9.97 Å². The molecule has 0 aliphatic rings. The smallest absolute Gasteiger partial charge is 0.160 e. The minimum Gasteiger partial charge on any atom is -0.308 e. The van der Waals surface area contributed by atoms with Crippen molar-refractivity contribution in [2.24, 2.45) is 0 Å². The third-order valence-corrected chi connectivity index (χ3v) is 9.89. The summed E-state index contributed by atoms with van der Waals surface area (Å²) in [6.45, 7) is 2.12. The molecular formula is C49H31N5. The first-order chi connectivity index (χ1) is 26.6. The summed E-state index contributed by atoms with van der Waals surface area (Å²) in [7, 11) is 0. The van der Waals surface area contributed by atoms with Gasteiger partial charge in [0, 0.05) is 38.6 Å². The third-order valence-electron chi connectivity index (χ3n) is 9.89. The quantitative estimate of drug-likeness (QED) is 0.174. The van der Waals surface area contributed by atoms with Crippen molar-refractivity contribution in [3.8, 4) is 74.0 Å². The number of rotatable bonds is 6. The number of hydrogen-bond acceptors (Lipinski definition) is 4. The van der Waals surface area contributed by atoms with Crippen molar-refractivity contribution in [3.05, 3.63) is 187 Å². The highest BCUT2D eigenvalue weighted by Gasteiger charge is 2.23. The molecule has 0 spiro atoms. The fourth-order valence-corrected chi connectivity index (χ4v) is 7.37. The van der Waals surface area contributed by atoms with Crippen LogP contribution in [0.3, 0.4) is 0 Å². The number of aryl methyl sites for hydroxylation is 1. The molecular weight excluding hydrogens is 659 g/mol. The molecule has 7 aromatic carbocycles. The molecule has 0 atom stereocenters. The predicted octanol–water partition coefficient (Wildman–Crippen LogP) is 12.0. The molecule has 0 aliphatic carbocycles. The van der Waals surface area contributed by atoms with Gasteiger partial charge in [-0.1, -0.05) is 115 Å². The van der Waals surface area contributed by atoms with Crippen LogP contribution in [0.25, 0.3) is 83.6 Å². The van der Waals surface area contributed by atoms with E-state index in [1.54, 1.807) is 0 Å². The van der Waals surface area contributed by atoms with E-state index in [0.29, 0.717) is 17.0 Å². The maximum absolute atomic E-state index is 10.1. The SMILES string of the molecule is Cc1ccc2c(c1)c1ccccc1n2-c1c(-c2cccc(C#N)c2)cc(-c2nc(-c3ccccc3)cc(-c3ccccc3)n2)cc1-c1cccc(C#N)c1. The summed E-state index contributed by atoms with van der Waals surface area (Å²) in [5.41, 5.74) is 13.3. The zero-order valence-corrected chi connectivity index (χ0v) is 29.4. The summed E-state index contributed by atoms with van der Waals surface area (Å²) in [6.07, 6.45) is 0. The largest absolute Gasteiger partial charge is 0.308 e. The van der Waals surface area contributed by atoms with Gasteiger partial charge in [-0.2, -0.15) is 10.5 Å². The van der Waals surface area contributed by atoms with Gasteiger partial charge < -0.3 is 4.57 Å². The molecule has 9 aromatic rings. The van der Waals surface area contributed by atoms with E-state index in [1.807, 2.05) is 91.0 Å². The number of fused-ring (bicyclic) bond motifs is 3.